The molecule has 1 aromatic heterocycles. The van der Waals surface area contributed by atoms with Crippen LogP contribution in [0, 0.1) is 10.5 Å². The summed E-state index contributed by atoms with van der Waals surface area (Å²) in [6.07, 6.45) is 0. The molecule has 0 aliphatic carbocycles. The minimum Gasteiger partial charge on any atom is -0.388 e. The van der Waals surface area contributed by atoms with Gasteiger partial charge in [0.15, 0.2) is 0 Å². The lowest BCUT2D eigenvalue weighted by atomic mass is 10.1. The molecule has 1 amide bonds. The fraction of sp³-hybridized carbons (Fsp3) is 0.118. The molecule has 23 heavy (non-hydrogen) atoms. The van der Waals surface area contributed by atoms with Crippen LogP contribution in [-0.4, -0.2) is 17.9 Å². The zero-order valence-electron chi connectivity index (χ0n) is 12.5. The van der Waals surface area contributed by atoms with Gasteiger partial charge in [-0.05, 0) is 53.3 Å². The second-order valence-electron chi connectivity index (χ2n) is 5.10. The van der Waals surface area contributed by atoms with E-state index in [1.807, 2.05) is 31.2 Å². The third-order valence-electron chi connectivity index (χ3n) is 3.55. The standard InChI is InChI=1S/C17H13IN2O3/c1-10-6-5-9-13-14(10)16(22)23-17(19-13)20(2)15(21)11-7-3-4-8-12(11)18/h3-9H,1-2H3. The second-order valence-corrected chi connectivity index (χ2v) is 6.26. The fourth-order valence-electron chi connectivity index (χ4n) is 2.32. The maximum atomic E-state index is 12.6. The molecule has 3 aromatic rings. The maximum Gasteiger partial charge on any atom is 0.348 e. The molecule has 116 valence electrons. The van der Waals surface area contributed by atoms with E-state index >= 15 is 0 Å². The van der Waals surface area contributed by atoms with E-state index in [1.54, 1.807) is 18.2 Å². The topological polar surface area (TPSA) is 63.4 Å². The number of aryl methyl sites for hydroxylation is 1. The highest BCUT2D eigenvalue weighted by Gasteiger charge is 2.20. The highest BCUT2D eigenvalue weighted by atomic mass is 127. The first-order valence-corrected chi connectivity index (χ1v) is 8.00. The number of halogens is 1. The zero-order valence-corrected chi connectivity index (χ0v) is 14.7. The third-order valence-corrected chi connectivity index (χ3v) is 4.49. The van der Waals surface area contributed by atoms with E-state index in [2.05, 4.69) is 27.6 Å². The third kappa shape index (κ3) is 2.86. The smallest absolute Gasteiger partial charge is 0.348 e. The van der Waals surface area contributed by atoms with E-state index < -0.39 is 5.63 Å². The Hall–Kier alpha value is -2.22. The Kier molecular flexibility index (Phi) is 4.16. The largest absolute Gasteiger partial charge is 0.388 e. The van der Waals surface area contributed by atoms with Gasteiger partial charge < -0.3 is 4.42 Å². The molecule has 0 atom stereocenters. The van der Waals surface area contributed by atoms with Gasteiger partial charge in [-0.25, -0.2) is 4.79 Å². The molecular formula is C17H13IN2O3. The van der Waals surface area contributed by atoms with E-state index in [-0.39, 0.29) is 11.9 Å². The molecule has 0 N–H and O–H groups in total. The van der Waals surface area contributed by atoms with Crippen LogP contribution < -0.4 is 10.5 Å². The van der Waals surface area contributed by atoms with Crippen molar-refractivity contribution in [2.45, 2.75) is 6.92 Å². The van der Waals surface area contributed by atoms with E-state index in [0.717, 1.165) is 9.13 Å². The average molecular weight is 420 g/mol. The number of aromatic nitrogens is 1. The van der Waals surface area contributed by atoms with Crippen LogP contribution in [0.25, 0.3) is 10.9 Å². The summed E-state index contributed by atoms with van der Waals surface area (Å²) >= 11 is 2.09. The first-order valence-electron chi connectivity index (χ1n) is 6.92. The van der Waals surface area contributed by atoms with Crippen molar-refractivity contribution < 1.29 is 9.21 Å². The molecule has 0 radical (unpaired) electrons. The van der Waals surface area contributed by atoms with Crippen LogP contribution >= 0.6 is 22.6 Å². The monoisotopic (exact) mass is 420 g/mol. The van der Waals surface area contributed by atoms with Gasteiger partial charge in [0.25, 0.3) is 5.91 Å². The lowest BCUT2D eigenvalue weighted by molar-refractivity contribution is 0.0986. The number of anilines is 1. The van der Waals surface area contributed by atoms with E-state index in [0.29, 0.717) is 16.5 Å². The van der Waals surface area contributed by atoms with Gasteiger partial charge in [-0.1, -0.05) is 24.3 Å². The van der Waals surface area contributed by atoms with Crippen LogP contribution in [0.15, 0.2) is 51.7 Å². The summed E-state index contributed by atoms with van der Waals surface area (Å²) in [5.74, 6) is -0.280. The molecule has 5 nitrogen and oxygen atoms in total. The van der Waals surface area contributed by atoms with Crippen molar-refractivity contribution in [2.24, 2.45) is 0 Å². The molecule has 0 spiro atoms. The van der Waals surface area contributed by atoms with Gasteiger partial charge in [0.1, 0.15) is 0 Å². The first kappa shape index (κ1) is 15.7. The van der Waals surface area contributed by atoms with Crippen molar-refractivity contribution in [3.63, 3.8) is 0 Å². The van der Waals surface area contributed by atoms with Crippen molar-refractivity contribution in [1.29, 1.82) is 0 Å². The highest BCUT2D eigenvalue weighted by molar-refractivity contribution is 14.1. The van der Waals surface area contributed by atoms with Crippen LogP contribution in [0.3, 0.4) is 0 Å². The number of fused-ring (bicyclic) bond motifs is 1. The number of hydrogen-bond acceptors (Lipinski definition) is 4. The number of benzene rings is 2. The SMILES string of the molecule is Cc1cccc2nc(N(C)C(=O)c3ccccc3I)oc(=O)c12. The number of hydrogen-bond donors (Lipinski definition) is 0. The molecule has 0 saturated heterocycles. The molecule has 0 aliphatic heterocycles. The Morgan fingerprint density at radius 3 is 2.65 bits per heavy atom. The molecule has 6 heteroatoms. The van der Waals surface area contributed by atoms with Crippen LogP contribution in [0.5, 0.6) is 0 Å². The van der Waals surface area contributed by atoms with Gasteiger partial charge in [-0.2, -0.15) is 4.98 Å². The second kappa shape index (κ2) is 6.11. The molecule has 1 heterocycles. The summed E-state index contributed by atoms with van der Waals surface area (Å²) < 4.78 is 6.07. The van der Waals surface area contributed by atoms with Gasteiger partial charge in [-0.3, -0.25) is 9.69 Å². The lowest BCUT2D eigenvalue weighted by Crippen LogP contribution is -2.28. The minimum atomic E-state index is -0.495. The van der Waals surface area contributed by atoms with Gasteiger partial charge in [0.2, 0.25) is 0 Å². The predicted molar refractivity (Wildman–Crippen MR) is 96.9 cm³/mol. The van der Waals surface area contributed by atoms with Gasteiger partial charge in [-0.15, -0.1) is 0 Å². The average Bonchev–Trinajstić information content (AvgIpc) is 2.53. The van der Waals surface area contributed by atoms with Crippen molar-refractivity contribution in [3.05, 3.63) is 67.6 Å². The fourth-order valence-corrected chi connectivity index (χ4v) is 2.93. The Labute approximate surface area is 146 Å². The molecule has 3 rings (SSSR count). The van der Waals surface area contributed by atoms with E-state index in [9.17, 15) is 9.59 Å². The summed E-state index contributed by atoms with van der Waals surface area (Å²) in [4.78, 5) is 30.4. The van der Waals surface area contributed by atoms with E-state index in [4.69, 9.17) is 4.42 Å². The summed E-state index contributed by atoms with van der Waals surface area (Å²) in [6, 6.07) is 12.6. The van der Waals surface area contributed by atoms with Crippen LogP contribution in [-0.2, 0) is 0 Å². The summed E-state index contributed by atoms with van der Waals surface area (Å²) in [5.41, 5.74) is 1.34. The highest BCUT2D eigenvalue weighted by Crippen LogP contribution is 2.19. The Morgan fingerprint density at radius 1 is 1.17 bits per heavy atom. The molecule has 0 fully saturated rings. The van der Waals surface area contributed by atoms with Crippen LogP contribution in [0.1, 0.15) is 15.9 Å². The molecule has 2 aromatic carbocycles. The van der Waals surface area contributed by atoms with E-state index in [1.165, 1.54) is 11.9 Å². The molecule has 0 unspecified atom stereocenters. The quantitative estimate of drug-likeness (QED) is 0.597. The van der Waals surface area contributed by atoms with Crippen molar-refractivity contribution >= 4 is 45.4 Å². The molecule has 0 aliphatic rings. The Bertz CT molecular complexity index is 965. The van der Waals surface area contributed by atoms with Crippen LogP contribution in [0.2, 0.25) is 0 Å². The van der Waals surface area contributed by atoms with Crippen LogP contribution in [0.4, 0.5) is 6.01 Å². The van der Waals surface area contributed by atoms with Crippen molar-refractivity contribution in [3.8, 4) is 0 Å². The van der Waals surface area contributed by atoms with Gasteiger partial charge in [0, 0.05) is 10.6 Å². The van der Waals surface area contributed by atoms with Gasteiger partial charge in [0.05, 0.1) is 16.5 Å². The normalized spacial score (nSPS) is 10.7. The summed E-state index contributed by atoms with van der Waals surface area (Å²) in [5, 5.41) is 0.436. The summed E-state index contributed by atoms with van der Waals surface area (Å²) in [6.45, 7) is 1.82. The number of amides is 1. The summed E-state index contributed by atoms with van der Waals surface area (Å²) in [7, 11) is 1.54. The van der Waals surface area contributed by atoms with Gasteiger partial charge >= 0.3 is 11.6 Å². The first-order chi connectivity index (χ1) is 11.0. The Balaban J connectivity index is 2.08. The van der Waals surface area contributed by atoms with Crippen molar-refractivity contribution in [1.82, 2.24) is 4.98 Å². The number of rotatable bonds is 2. The molecule has 0 bridgehead atoms. The number of nitrogens with zero attached hydrogens (tertiary/aromatic N) is 2. The minimum absolute atomic E-state index is 0.0160. The number of carbonyl (C=O) groups is 1. The molecule has 0 saturated carbocycles. The lowest BCUT2D eigenvalue weighted by Gasteiger charge is -2.15. The van der Waals surface area contributed by atoms with Crippen molar-refractivity contribution in [2.75, 3.05) is 11.9 Å². The maximum absolute atomic E-state index is 12.6. The molecular weight excluding hydrogens is 407 g/mol. The number of carbonyl (C=O) groups excluding carboxylic acids is 1. The zero-order chi connectivity index (χ0) is 16.6. The predicted octanol–water partition coefficient (Wildman–Crippen LogP) is 3.38. The Morgan fingerprint density at radius 2 is 1.91 bits per heavy atom.